The topological polar surface area (TPSA) is 46.2 Å². The number of sulfone groups is 1. The van der Waals surface area contributed by atoms with Crippen LogP contribution >= 0.6 is 11.8 Å². The van der Waals surface area contributed by atoms with Crippen LogP contribution in [0.3, 0.4) is 0 Å². The Balaban J connectivity index is 2.26. The van der Waals surface area contributed by atoms with Gasteiger partial charge in [0.05, 0.1) is 0 Å². The van der Waals surface area contributed by atoms with E-state index in [9.17, 15) is 8.42 Å². The van der Waals surface area contributed by atoms with Gasteiger partial charge in [-0.25, -0.2) is 8.42 Å². The summed E-state index contributed by atoms with van der Waals surface area (Å²) in [7, 11) is -2.81. The summed E-state index contributed by atoms with van der Waals surface area (Å²) in [5.74, 6) is 1.46. The second kappa shape index (κ2) is 10.1. The van der Waals surface area contributed by atoms with E-state index in [1.54, 1.807) is 0 Å². The lowest BCUT2D eigenvalue weighted by molar-refractivity contribution is 0.501. The Labute approximate surface area is 129 Å². The van der Waals surface area contributed by atoms with Crippen LogP contribution in [0.15, 0.2) is 0 Å². The maximum atomic E-state index is 11.2. The van der Waals surface area contributed by atoms with Crippen molar-refractivity contribution in [3.63, 3.8) is 0 Å². The van der Waals surface area contributed by atoms with Gasteiger partial charge in [-0.05, 0) is 38.6 Å². The summed E-state index contributed by atoms with van der Waals surface area (Å²) in [4.78, 5) is 0. The third kappa shape index (κ3) is 9.24. The first-order chi connectivity index (χ1) is 9.51. The Morgan fingerprint density at radius 3 is 2.55 bits per heavy atom. The fraction of sp³-hybridized carbons (Fsp3) is 1.00. The van der Waals surface area contributed by atoms with Gasteiger partial charge >= 0.3 is 0 Å². The van der Waals surface area contributed by atoms with E-state index >= 15 is 0 Å². The van der Waals surface area contributed by atoms with E-state index < -0.39 is 9.84 Å². The van der Waals surface area contributed by atoms with Crippen LogP contribution in [-0.2, 0) is 9.84 Å². The third-order valence-corrected chi connectivity index (χ3v) is 6.40. The zero-order valence-electron chi connectivity index (χ0n) is 13.1. The predicted octanol–water partition coefficient (Wildman–Crippen LogP) is 3.25. The van der Waals surface area contributed by atoms with Crippen LogP contribution in [-0.4, -0.2) is 44.0 Å². The summed E-state index contributed by atoms with van der Waals surface area (Å²) in [5.41, 5.74) is 0. The molecule has 1 rings (SSSR count). The first-order valence-electron chi connectivity index (χ1n) is 8.04. The molecule has 1 aliphatic carbocycles. The van der Waals surface area contributed by atoms with Gasteiger partial charge in [-0.3, -0.25) is 0 Å². The molecule has 120 valence electrons. The molecule has 1 aliphatic rings. The van der Waals surface area contributed by atoms with Crippen LogP contribution in [0.5, 0.6) is 0 Å². The van der Waals surface area contributed by atoms with Crippen molar-refractivity contribution in [2.45, 2.75) is 69.6 Å². The van der Waals surface area contributed by atoms with E-state index in [0.717, 1.165) is 36.8 Å². The molecule has 3 nitrogen and oxygen atoms in total. The number of rotatable bonds is 10. The normalized spacial score (nSPS) is 19.1. The van der Waals surface area contributed by atoms with Gasteiger partial charge in [0.2, 0.25) is 0 Å². The van der Waals surface area contributed by atoms with Crippen LogP contribution in [0.2, 0.25) is 0 Å². The molecular formula is C15H31NO2S2. The van der Waals surface area contributed by atoms with Crippen LogP contribution in [0.25, 0.3) is 0 Å². The molecule has 20 heavy (non-hydrogen) atoms. The Bertz CT molecular complexity index is 338. The van der Waals surface area contributed by atoms with Crippen LogP contribution in [0.1, 0.15) is 58.3 Å². The van der Waals surface area contributed by atoms with E-state index in [0.29, 0.717) is 11.8 Å². The lowest BCUT2D eigenvalue weighted by atomic mass is 10.0. The first-order valence-corrected chi connectivity index (χ1v) is 11.1. The highest BCUT2D eigenvalue weighted by Gasteiger charge is 2.16. The van der Waals surface area contributed by atoms with Crippen molar-refractivity contribution in [1.82, 2.24) is 5.32 Å². The van der Waals surface area contributed by atoms with Gasteiger partial charge in [0.15, 0.2) is 0 Å². The molecule has 1 fully saturated rings. The molecule has 1 saturated carbocycles. The van der Waals surface area contributed by atoms with Crippen molar-refractivity contribution < 1.29 is 8.42 Å². The molecule has 0 bridgehead atoms. The summed E-state index contributed by atoms with van der Waals surface area (Å²) < 4.78 is 22.4. The van der Waals surface area contributed by atoms with Gasteiger partial charge in [0, 0.05) is 29.1 Å². The van der Waals surface area contributed by atoms with Gasteiger partial charge < -0.3 is 5.32 Å². The molecule has 1 unspecified atom stereocenters. The third-order valence-electron chi connectivity index (χ3n) is 3.84. The van der Waals surface area contributed by atoms with Crippen molar-refractivity contribution in [3.05, 3.63) is 0 Å². The van der Waals surface area contributed by atoms with Crippen molar-refractivity contribution in [2.75, 3.05) is 24.3 Å². The SMILES string of the molecule is CCCNC(CCCS(C)(=O)=O)CSC1CCCCC1. The van der Waals surface area contributed by atoms with Crippen molar-refractivity contribution in [1.29, 1.82) is 0 Å². The first kappa shape index (κ1) is 18.3. The van der Waals surface area contributed by atoms with Gasteiger partial charge in [-0.15, -0.1) is 0 Å². The van der Waals surface area contributed by atoms with Crippen LogP contribution in [0.4, 0.5) is 0 Å². The minimum Gasteiger partial charge on any atom is -0.313 e. The second-order valence-corrected chi connectivity index (χ2v) is 9.61. The van der Waals surface area contributed by atoms with Gasteiger partial charge in [-0.1, -0.05) is 26.2 Å². The maximum absolute atomic E-state index is 11.2. The van der Waals surface area contributed by atoms with Crippen molar-refractivity contribution in [3.8, 4) is 0 Å². The smallest absolute Gasteiger partial charge is 0.147 e. The Kier molecular flexibility index (Phi) is 9.21. The fourth-order valence-corrected chi connectivity index (χ4v) is 4.82. The Morgan fingerprint density at radius 2 is 1.95 bits per heavy atom. The van der Waals surface area contributed by atoms with Gasteiger partial charge in [0.25, 0.3) is 0 Å². The Hall–Kier alpha value is 0.260. The zero-order chi connectivity index (χ0) is 14.8. The molecule has 0 saturated heterocycles. The molecule has 0 amide bonds. The molecule has 0 spiro atoms. The van der Waals surface area contributed by atoms with Gasteiger partial charge in [0.1, 0.15) is 9.84 Å². The molecule has 0 aromatic rings. The van der Waals surface area contributed by atoms with Crippen molar-refractivity contribution >= 4 is 21.6 Å². The minimum absolute atomic E-state index is 0.325. The van der Waals surface area contributed by atoms with Crippen molar-refractivity contribution in [2.24, 2.45) is 0 Å². The highest BCUT2D eigenvalue weighted by atomic mass is 32.2. The average Bonchev–Trinajstić information content (AvgIpc) is 2.41. The molecule has 1 N–H and O–H groups in total. The van der Waals surface area contributed by atoms with E-state index in [1.807, 2.05) is 0 Å². The number of hydrogen-bond donors (Lipinski definition) is 1. The summed E-state index contributed by atoms with van der Waals surface area (Å²) in [6, 6.07) is 0.476. The summed E-state index contributed by atoms with van der Waals surface area (Å²) >= 11 is 2.10. The highest BCUT2D eigenvalue weighted by Crippen LogP contribution is 2.28. The van der Waals surface area contributed by atoms with Crippen LogP contribution < -0.4 is 5.32 Å². The van der Waals surface area contributed by atoms with Gasteiger partial charge in [-0.2, -0.15) is 11.8 Å². The lowest BCUT2D eigenvalue weighted by Crippen LogP contribution is -2.33. The lowest BCUT2D eigenvalue weighted by Gasteiger charge is -2.24. The summed E-state index contributed by atoms with van der Waals surface area (Å²) in [6.07, 6.45) is 11.1. The molecule has 0 radical (unpaired) electrons. The number of hydrogen-bond acceptors (Lipinski definition) is 4. The quantitative estimate of drug-likeness (QED) is 0.671. The van der Waals surface area contributed by atoms with E-state index in [-0.39, 0.29) is 0 Å². The Morgan fingerprint density at radius 1 is 1.25 bits per heavy atom. The molecule has 1 atom stereocenters. The average molecular weight is 322 g/mol. The summed E-state index contributed by atoms with van der Waals surface area (Å²) in [5, 5.41) is 4.42. The highest BCUT2D eigenvalue weighted by molar-refractivity contribution is 7.99. The summed E-state index contributed by atoms with van der Waals surface area (Å²) in [6.45, 7) is 3.21. The molecular weight excluding hydrogens is 290 g/mol. The zero-order valence-corrected chi connectivity index (χ0v) is 14.7. The molecule has 0 aliphatic heterocycles. The van der Waals surface area contributed by atoms with E-state index in [1.165, 1.54) is 38.4 Å². The predicted molar refractivity (Wildman–Crippen MR) is 90.4 cm³/mol. The molecule has 0 aromatic heterocycles. The second-order valence-electron chi connectivity index (χ2n) is 6.02. The molecule has 5 heteroatoms. The number of thioether (sulfide) groups is 1. The molecule has 0 heterocycles. The van der Waals surface area contributed by atoms with E-state index in [4.69, 9.17) is 0 Å². The maximum Gasteiger partial charge on any atom is 0.147 e. The largest absolute Gasteiger partial charge is 0.313 e. The standard InChI is InChI=1S/C15H31NO2S2/c1-3-11-16-14(8-7-12-20(2,17)18)13-19-15-9-5-4-6-10-15/h14-16H,3-13H2,1-2H3. The minimum atomic E-state index is -2.81. The number of nitrogens with one attached hydrogen (secondary N) is 1. The van der Waals surface area contributed by atoms with Crippen LogP contribution in [0, 0.1) is 0 Å². The molecule has 0 aromatic carbocycles. The monoisotopic (exact) mass is 321 g/mol. The fourth-order valence-electron chi connectivity index (χ4n) is 2.67. The van der Waals surface area contributed by atoms with E-state index in [2.05, 4.69) is 24.0 Å².